The van der Waals surface area contributed by atoms with Gasteiger partial charge in [0.2, 0.25) is 10.0 Å². The van der Waals surface area contributed by atoms with E-state index >= 15 is 0 Å². The quantitative estimate of drug-likeness (QED) is 0.450. The summed E-state index contributed by atoms with van der Waals surface area (Å²) in [7, 11) is -3.91. The second kappa shape index (κ2) is 7.28. The number of fused-ring (bicyclic) bond motifs is 1. The van der Waals surface area contributed by atoms with Crippen LogP contribution in [0.15, 0.2) is 40.1 Å². The topological polar surface area (TPSA) is 110 Å². The van der Waals surface area contributed by atoms with E-state index in [1.165, 1.54) is 24.1 Å². The van der Waals surface area contributed by atoms with Gasteiger partial charge in [-0.1, -0.05) is 25.4 Å². The molecule has 6 nitrogen and oxygen atoms in total. The Morgan fingerprint density at radius 3 is 2.62 bits per heavy atom. The van der Waals surface area contributed by atoms with Crippen LogP contribution in [-0.4, -0.2) is 14.6 Å². The molecule has 0 bridgehead atoms. The van der Waals surface area contributed by atoms with Gasteiger partial charge in [0.25, 0.3) is 0 Å². The highest BCUT2D eigenvalue weighted by molar-refractivity contribution is 7.97. The summed E-state index contributed by atoms with van der Waals surface area (Å²) >= 11 is 7.97. The Balaban J connectivity index is 2.06. The van der Waals surface area contributed by atoms with E-state index in [1.807, 2.05) is 12.1 Å². The molecule has 0 spiro atoms. The minimum atomic E-state index is -3.91. The zero-order chi connectivity index (χ0) is 19.1. The number of hydrogen-bond donors (Lipinski definition) is 4. The number of hydrogen-bond acceptors (Lipinski definition) is 6. The molecule has 1 aliphatic heterocycles. The Labute approximate surface area is 162 Å². The van der Waals surface area contributed by atoms with Crippen molar-refractivity contribution < 1.29 is 8.42 Å². The van der Waals surface area contributed by atoms with Gasteiger partial charge >= 0.3 is 0 Å². The Kier molecular flexibility index (Phi) is 5.41. The standard InChI is InChI=1S/C17H21ClN4O2S2/c1-9(2)5-17-21-14-8-13(18)11(7-15(14)25-22-17)12-6-10(19)3-4-16(12)26(20,23)24/h3-4,6-9,17,21-22H,5,19H2,1-2H3,(H2,20,23,24). The van der Waals surface area contributed by atoms with Crippen molar-refractivity contribution >= 4 is 44.9 Å². The van der Waals surface area contributed by atoms with Gasteiger partial charge in [0.15, 0.2) is 0 Å². The van der Waals surface area contributed by atoms with Crippen LogP contribution in [0.1, 0.15) is 20.3 Å². The Bertz CT molecular complexity index is 948. The number of anilines is 2. The van der Waals surface area contributed by atoms with Crippen LogP contribution in [-0.2, 0) is 10.0 Å². The SMILES string of the molecule is CC(C)CC1NSc2cc(-c3cc(N)ccc3S(N)(=O)=O)c(Cl)cc2N1. The molecule has 26 heavy (non-hydrogen) atoms. The fourth-order valence-electron chi connectivity index (χ4n) is 2.89. The molecular weight excluding hydrogens is 392 g/mol. The maximum Gasteiger partial charge on any atom is 0.238 e. The van der Waals surface area contributed by atoms with Crippen LogP contribution in [0.4, 0.5) is 11.4 Å². The molecule has 9 heteroatoms. The number of nitrogen functional groups attached to an aromatic ring is 1. The molecule has 0 aliphatic carbocycles. The molecule has 0 radical (unpaired) electrons. The number of rotatable bonds is 4. The Morgan fingerprint density at radius 2 is 1.96 bits per heavy atom. The molecule has 1 heterocycles. The van der Waals surface area contributed by atoms with E-state index < -0.39 is 10.0 Å². The van der Waals surface area contributed by atoms with Gasteiger partial charge in [-0.25, -0.2) is 18.3 Å². The van der Waals surface area contributed by atoms with Crippen LogP contribution in [0.2, 0.25) is 5.02 Å². The monoisotopic (exact) mass is 412 g/mol. The smallest absolute Gasteiger partial charge is 0.238 e. The van der Waals surface area contributed by atoms with Crippen LogP contribution < -0.4 is 20.9 Å². The minimum Gasteiger partial charge on any atom is -0.399 e. The molecule has 1 atom stereocenters. The highest BCUT2D eigenvalue weighted by Gasteiger charge is 2.23. The van der Waals surface area contributed by atoms with Gasteiger partial charge in [-0.15, -0.1) is 0 Å². The van der Waals surface area contributed by atoms with Crippen molar-refractivity contribution in [2.75, 3.05) is 11.1 Å². The molecule has 0 amide bonds. The number of halogens is 1. The molecule has 6 N–H and O–H groups in total. The fourth-order valence-corrected chi connectivity index (χ4v) is 4.72. The second-order valence-corrected chi connectivity index (χ2v) is 9.49. The lowest BCUT2D eigenvalue weighted by molar-refractivity contribution is 0.506. The zero-order valence-corrected chi connectivity index (χ0v) is 16.8. The number of benzene rings is 2. The highest BCUT2D eigenvalue weighted by atomic mass is 35.5. The van der Waals surface area contributed by atoms with Crippen LogP contribution in [0.5, 0.6) is 0 Å². The molecular formula is C17H21ClN4O2S2. The number of nitrogens with one attached hydrogen (secondary N) is 2. The van der Waals surface area contributed by atoms with E-state index in [-0.39, 0.29) is 11.1 Å². The van der Waals surface area contributed by atoms with Gasteiger partial charge in [-0.3, -0.25) is 0 Å². The lowest BCUT2D eigenvalue weighted by Gasteiger charge is -2.29. The van der Waals surface area contributed by atoms with Crippen molar-refractivity contribution in [1.29, 1.82) is 0 Å². The maximum atomic E-state index is 11.9. The van der Waals surface area contributed by atoms with Crippen LogP contribution in [0, 0.1) is 5.92 Å². The zero-order valence-electron chi connectivity index (χ0n) is 14.4. The van der Waals surface area contributed by atoms with E-state index in [0.29, 0.717) is 27.8 Å². The number of primary sulfonamides is 1. The Hall–Kier alpha value is -1.45. The van der Waals surface area contributed by atoms with Crippen molar-refractivity contribution in [3.8, 4) is 11.1 Å². The summed E-state index contributed by atoms with van der Waals surface area (Å²) in [5.41, 5.74) is 8.16. The summed E-state index contributed by atoms with van der Waals surface area (Å²) in [5, 5.41) is 9.20. The Morgan fingerprint density at radius 1 is 1.23 bits per heavy atom. The number of sulfonamides is 1. The summed E-state index contributed by atoms with van der Waals surface area (Å²) in [6.07, 6.45) is 1.11. The fraction of sp³-hybridized carbons (Fsp3) is 0.294. The molecule has 1 unspecified atom stereocenters. The molecule has 140 valence electrons. The first-order valence-electron chi connectivity index (χ1n) is 8.10. The van der Waals surface area contributed by atoms with Gasteiger partial charge in [0.1, 0.15) is 0 Å². The van der Waals surface area contributed by atoms with Gasteiger partial charge in [0.05, 0.1) is 21.8 Å². The van der Waals surface area contributed by atoms with Gasteiger partial charge in [-0.05, 0) is 54.6 Å². The molecule has 2 aromatic carbocycles. The van der Waals surface area contributed by atoms with E-state index in [1.54, 1.807) is 6.07 Å². The first kappa shape index (κ1) is 19.3. The van der Waals surface area contributed by atoms with Crippen LogP contribution in [0.3, 0.4) is 0 Å². The number of nitrogens with two attached hydrogens (primary N) is 2. The molecule has 3 rings (SSSR count). The molecule has 0 fully saturated rings. The lowest BCUT2D eigenvalue weighted by atomic mass is 10.0. The second-order valence-electron chi connectivity index (χ2n) is 6.68. The van der Waals surface area contributed by atoms with Crippen LogP contribution in [0.25, 0.3) is 11.1 Å². The predicted octanol–water partition coefficient (Wildman–Crippen LogP) is 3.63. The molecule has 0 aromatic heterocycles. The maximum absolute atomic E-state index is 11.9. The summed E-state index contributed by atoms with van der Waals surface area (Å²) in [4.78, 5) is 0.917. The first-order chi connectivity index (χ1) is 12.1. The molecule has 0 saturated carbocycles. The van der Waals surface area contributed by atoms with Crippen molar-refractivity contribution in [2.24, 2.45) is 11.1 Å². The minimum absolute atomic E-state index is 0.00652. The van der Waals surface area contributed by atoms with Gasteiger partial charge in [0, 0.05) is 21.7 Å². The predicted molar refractivity (Wildman–Crippen MR) is 109 cm³/mol. The van der Waals surface area contributed by atoms with E-state index in [0.717, 1.165) is 17.0 Å². The van der Waals surface area contributed by atoms with Crippen molar-refractivity contribution in [1.82, 2.24) is 4.72 Å². The van der Waals surface area contributed by atoms with Crippen molar-refractivity contribution in [3.05, 3.63) is 35.4 Å². The summed E-state index contributed by atoms with van der Waals surface area (Å²) in [5.74, 6) is 0.543. The molecule has 1 aliphatic rings. The third kappa shape index (κ3) is 4.10. The van der Waals surface area contributed by atoms with E-state index in [9.17, 15) is 8.42 Å². The summed E-state index contributed by atoms with van der Waals surface area (Å²) in [6, 6.07) is 8.13. The van der Waals surface area contributed by atoms with Crippen molar-refractivity contribution in [3.63, 3.8) is 0 Å². The average Bonchev–Trinajstić information content (AvgIpc) is 2.52. The average molecular weight is 413 g/mol. The third-order valence-electron chi connectivity index (χ3n) is 4.02. The lowest BCUT2D eigenvalue weighted by Crippen LogP contribution is -2.36. The largest absolute Gasteiger partial charge is 0.399 e. The molecule has 2 aromatic rings. The summed E-state index contributed by atoms with van der Waals surface area (Å²) < 4.78 is 27.3. The summed E-state index contributed by atoms with van der Waals surface area (Å²) in [6.45, 7) is 4.32. The van der Waals surface area contributed by atoms with E-state index in [4.69, 9.17) is 22.5 Å². The van der Waals surface area contributed by atoms with Gasteiger partial charge in [-0.2, -0.15) is 0 Å². The first-order valence-corrected chi connectivity index (χ1v) is 10.8. The van der Waals surface area contributed by atoms with Crippen LogP contribution >= 0.6 is 23.5 Å². The van der Waals surface area contributed by atoms with E-state index in [2.05, 4.69) is 23.9 Å². The normalized spacial score (nSPS) is 17.0. The highest BCUT2D eigenvalue weighted by Crippen LogP contribution is 2.41. The molecule has 0 saturated heterocycles. The van der Waals surface area contributed by atoms with Crippen molar-refractivity contribution in [2.45, 2.75) is 36.2 Å². The third-order valence-corrected chi connectivity index (χ3v) is 6.26. The van der Waals surface area contributed by atoms with Gasteiger partial charge < -0.3 is 11.1 Å².